The van der Waals surface area contributed by atoms with Crippen LogP contribution in [0.1, 0.15) is 18.4 Å². The molecule has 144 valence electrons. The van der Waals surface area contributed by atoms with Crippen molar-refractivity contribution >= 4 is 16.1 Å². The molecule has 1 N–H and O–H groups in total. The lowest BCUT2D eigenvalue weighted by molar-refractivity contribution is -0.137. The van der Waals surface area contributed by atoms with Crippen molar-refractivity contribution in [2.75, 3.05) is 26.2 Å². The van der Waals surface area contributed by atoms with Gasteiger partial charge in [-0.1, -0.05) is 0 Å². The molecule has 1 amide bonds. The second-order valence-corrected chi connectivity index (χ2v) is 8.59. The highest BCUT2D eigenvalue weighted by Gasteiger charge is 2.48. The van der Waals surface area contributed by atoms with Crippen molar-refractivity contribution in [3.63, 3.8) is 0 Å². The Hall–Kier alpha value is -1.88. The van der Waals surface area contributed by atoms with E-state index in [9.17, 15) is 30.8 Å². The van der Waals surface area contributed by atoms with E-state index >= 15 is 0 Å². The summed E-state index contributed by atoms with van der Waals surface area (Å²) in [5.41, 5.74) is -1.53. The summed E-state index contributed by atoms with van der Waals surface area (Å²) >= 11 is 0. The quantitative estimate of drug-likeness (QED) is 0.780. The molecular formula is C15H16F4N2O4S. The van der Waals surface area contributed by atoms with Crippen LogP contribution in [0.5, 0.6) is 0 Å². The fourth-order valence-corrected chi connectivity index (χ4v) is 4.93. The number of sulfonamides is 1. The van der Waals surface area contributed by atoms with E-state index in [2.05, 4.69) is 0 Å². The predicted molar refractivity (Wildman–Crippen MR) is 81.4 cm³/mol. The zero-order valence-electron chi connectivity index (χ0n) is 13.5. The number of rotatable bonds is 2. The van der Waals surface area contributed by atoms with Crippen molar-refractivity contribution < 1.29 is 35.9 Å². The molecule has 2 fully saturated rings. The second kappa shape index (κ2) is 6.08. The maximum Gasteiger partial charge on any atom is 0.416 e. The Bertz CT molecular complexity index is 825. The molecule has 2 aliphatic heterocycles. The Morgan fingerprint density at radius 2 is 1.73 bits per heavy atom. The average Bonchev–Trinajstić information content (AvgIpc) is 2.51. The first kappa shape index (κ1) is 18.9. The first-order chi connectivity index (χ1) is 11.9. The maximum absolute atomic E-state index is 14.0. The molecule has 0 atom stereocenters. The highest BCUT2D eigenvalue weighted by atomic mass is 32.2. The summed E-state index contributed by atoms with van der Waals surface area (Å²) in [4.78, 5) is 11.3. The van der Waals surface area contributed by atoms with E-state index < -0.39 is 38.6 Å². The van der Waals surface area contributed by atoms with Gasteiger partial charge in [0.1, 0.15) is 10.7 Å². The Labute approximate surface area is 147 Å². The minimum atomic E-state index is -4.76. The molecule has 0 bridgehead atoms. The molecule has 0 saturated carbocycles. The van der Waals surface area contributed by atoms with Gasteiger partial charge in [0, 0.05) is 31.6 Å². The summed E-state index contributed by atoms with van der Waals surface area (Å²) in [6.45, 7) is 0.780. The van der Waals surface area contributed by atoms with Crippen LogP contribution in [0.4, 0.5) is 22.4 Å². The molecule has 0 unspecified atom stereocenters. The first-order valence-electron chi connectivity index (χ1n) is 7.79. The summed E-state index contributed by atoms with van der Waals surface area (Å²) in [6, 6.07) is 1.35. The van der Waals surface area contributed by atoms with Gasteiger partial charge in [-0.05, 0) is 31.0 Å². The first-order valence-corrected chi connectivity index (χ1v) is 9.23. The third-order valence-electron chi connectivity index (χ3n) is 4.98. The van der Waals surface area contributed by atoms with Crippen LogP contribution in [0.25, 0.3) is 0 Å². The van der Waals surface area contributed by atoms with E-state index in [0.29, 0.717) is 38.1 Å². The minimum absolute atomic E-state index is 0.0657. The predicted octanol–water partition coefficient (Wildman–Crippen LogP) is 2.61. The lowest BCUT2D eigenvalue weighted by Crippen LogP contribution is -2.61. The third-order valence-corrected chi connectivity index (χ3v) is 6.92. The van der Waals surface area contributed by atoms with Crippen LogP contribution >= 0.6 is 0 Å². The van der Waals surface area contributed by atoms with Crippen LogP contribution in [-0.4, -0.2) is 55.0 Å². The highest BCUT2D eigenvalue weighted by Crippen LogP contribution is 2.41. The van der Waals surface area contributed by atoms with Crippen LogP contribution in [0.2, 0.25) is 0 Å². The Kier molecular flexibility index (Phi) is 4.42. The molecule has 0 aromatic heterocycles. The zero-order valence-corrected chi connectivity index (χ0v) is 14.3. The highest BCUT2D eigenvalue weighted by molar-refractivity contribution is 7.89. The van der Waals surface area contributed by atoms with Crippen molar-refractivity contribution in [3.8, 4) is 0 Å². The van der Waals surface area contributed by atoms with Gasteiger partial charge in [-0.25, -0.2) is 17.6 Å². The van der Waals surface area contributed by atoms with Gasteiger partial charge in [-0.15, -0.1) is 0 Å². The molecule has 3 rings (SSSR count). The van der Waals surface area contributed by atoms with Crippen LogP contribution < -0.4 is 0 Å². The largest absolute Gasteiger partial charge is 0.465 e. The summed E-state index contributed by atoms with van der Waals surface area (Å²) in [5, 5.41) is 8.89. The average molecular weight is 396 g/mol. The number of likely N-dealkylation sites (tertiary alicyclic amines) is 1. The molecule has 2 heterocycles. The van der Waals surface area contributed by atoms with Crippen molar-refractivity contribution in [3.05, 3.63) is 29.6 Å². The van der Waals surface area contributed by atoms with E-state index in [-0.39, 0.29) is 24.6 Å². The lowest BCUT2D eigenvalue weighted by atomic mass is 9.72. The molecule has 0 aliphatic carbocycles. The van der Waals surface area contributed by atoms with Crippen molar-refractivity contribution in [1.82, 2.24) is 9.21 Å². The van der Waals surface area contributed by atoms with Crippen LogP contribution in [0, 0.1) is 11.2 Å². The van der Waals surface area contributed by atoms with Crippen molar-refractivity contribution in [2.24, 2.45) is 5.41 Å². The number of amides is 1. The number of halogens is 4. The number of benzene rings is 1. The van der Waals surface area contributed by atoms with Gasteiger partial charge in [0.15, 0.2) is 0 Å². The molecule has 1 aromatic carbocycles. The van der Waals surface area contributed by atoms with E-state index in [1.54, 1.807) is 0 Å². The molecule has 0 radical (unpaired) electrons. The summed E-state index contributed by atoms with van der Waals surface area (Å²) in [5.74, 6) is -1.44. The summed E-state index contributed by atoms with van der Waals surface area (Å²) in [7, 11) is -4.26. The van der Waals surface area contributed by atoms with E-state index in [1.807, 2.05) is 0 Å². The molecule has 2 saturated heterocycles. The standard InChI is InChI=1S/C15H16F4N2O4S/c16-11-7-10(15(17,18)19)1-2-12(11)26(24,25)21-5-3-14(4-6-21)8-20(9-14)13(22)23/h1-2,7H,3-6,8-9H2,(H,22,23). The number of nitrogens with zero attached hydrogens (tertiary/aromatic N) is 2. The van der Waals surface area contributed by atoms with Gasteiger partial charge >= 0.3 is 12.3 Å². The number of hydrogen-bond acceptors (Lipinski definition) is 3. The molecule has 11 heteroatoms. The van der Waals surface area contributed by atoms with Gasteiger partial charge < -0.3 is 10.0 Å². The van der Waals surface area contributed by atoms with Gasteiger partial charge in [0.25, 0.3) is 0 Å². The molecule has 6 nitrogen and oxygen atoms in total. The van der Waals surface area contributed by atoms with Gasteiger partial charge in [0.05, 0.1) is 5.56 Å². The monoisotopic (exact) mass is 396 g/mol. The van der Waals surface area contributed by atoms with E-state index in [0.717, 1.165) is 4.31 Å². The topological polar surface area (TPSA) is 77.9 Å². The van der Waals surface area contributed by atoms with Crippen molar-refractivity contribution in [2.45, 2.75) is 23.9 Å². The minimum Gasteiger partial charge on any atom is -0.465 e. The Balaban J connectivity index is 1.73. The zero-order chi connectivity index (χ0) is 19.3. The molecule has 1 aromatic rings. The van der Waals surface area contributed by atoms with Crippen molar-refractivity contribution in [1.29, 1.82) is 0 Å². The van der Waals surface area contributed by atoms with E-state index in [4.69, 9.17) is 5.11 Å². The fourth-order valence-electron chi connectivity index (χ4n) is 3.44. The lowest BCUT2D eigenvalue weighted by Gasteiger charge is -2.52. The number of piperidine rings is 1. The number of carboxylic acid groups (broad SMARTS) is 1. The Morgan fingerprint density at radius 3 is 2.19 bits per heavy atom. The fraction of sp³-hybridized carbons (Fsp3) is 0.533. The van der Waals surface area contributed by atoms with Crippen LogP contribution in [0.3, 0.4) is 0 Å². The normalized spacial score (nSPS) is 20.8. The van der Waals surface area contributed by atoms with E-state index in [1.165, 1.54) is 4.90 Å². The smallest absolute Gasteiger partial charge is 0.416 e. The van der Waals surface area contributed by atoms with Gasteiger partial charge in [0.2, 0.25) is 10.0 Å². The number of hydrogen-bond donors (Lipinski definition) is 1. The molecule has 2 aliphatic rings. The third kappa shape index (κ3) is 3.25. The number of carbonyl (C=O) groups is 1. The SMILES string of the molecule is O=C(O)N1CC2(CCN(S(=O)(=O)c3ccc(C(F)(F)F)cc3F)CC2)C1. The maximum atomic E-state index is 14.0. The van der Waals surface area contributed by atoms with Crippen LogP contribution in [0.15, 0.2) is 23.1 Å². The van der Waals surface area contributed by atoms with Gasteiger partial charge in [-0.3, -0.25) is 0 Å². The molecule has 26 heavy (non-hydrogen) atoms. The summed E-state index contributed by atoms with van der Waals surface area (Å²) in [6.07, 6.45) is -4.96. The molecular weight excluding hydrogens is 380 g/mol. The summed E-state index contributed by atoms with van der Waals surface area (Å²) < 4.78 is 78.0. The van der Waals surface area contributed by atoms with Crippen LogP contribution in [-0.2, 0) is 16.2 Å². The number of alkyl halides is 3. The van der Waals surface area contributed by atoms with Gasteiger partial charge in [-0.2, -0.15) is 17.5 Å². The molecule has 1 spiro atoms. The Morgan fingerprint density at radius 1 is 1.15 bits per heavy atom. The second-order valence-electron chi connectivity index (χ2n) is 6.69.